The smallest absolute Gasteiger partial charge is 0.282 e. The number of anilines is 1. The lowest BCUT2D eigenvalue weighted by Crippen LogP contribution is -3.12. The molecule has 2 rings (SSSR count). The molecule has 0 heterocycles. The molecule has 0 aromatic heterocycles. The number of likely N-dealkylation sites (N-methyl/N-ethyl adjacent to an activating group) is 1. The van der Waals surface area contributed by atoms with Gasteiger partial charge in [0.05, 0.1) is 32.0 Å². The lowest BCUT2D eigenvalue weighted by molar-refractivity contribution is -0.907. The van der Waals surface area contributed by atoms with E-state index in [-0.39, 0.29) is 11.9 Å². The second kappa shape index (κ2) is 9.31. The largest absolute Gasteiger partial charge is 0.493 e. The normalized spacial score (nSPS) is 13.0. The lowest BCUT2D eigenvalue weighted by atomic mass is 10.1. The van der Waals surface area contributed by atoms with Crippen LogP contribution in [0.1, 0.15) is 18.1 Å². The van der Waals surface area contributed by atoms with Crippen molar-refractivity contribution < 1.29 is 19.2 Å². The Bertz CT molecular complexity index is 827. The molecule has 0 aliphatic heterocycles. The summed E-state index contributed by atoms with van der Waals surface area (Å²) in [5.74, 6) is 1.25. The maximum absolute atomic E-state index is 12.6. The quantitative estimate of drug-likeness (QED) is 0.734. The molecule has 27 heavy (non-hydrogen) atoms. The highest BCUT2D eigenvalue weighted by molar-refractivity contribution is 6.36. The van der Waals surface area contributed by atoms with Gasteiger partial charge < -0.3 is 19.7 Å². The molecular formula is C20H25Cl2N2O3+. The van der Waals surface area contributed by atoms with Crippen LogP contribution in [0.4, 0.5) is 5.69 Å². The molecule has 0 bridgehead atoms. The average Bonchev–Trinajstić information content (AvgIpc) is 2.64. The van der Waals surface area contributed by atoms with Crippen molar-refractivity contribution in [2.24, 2.45) is 0 Å². The summed E-state index contributed by atoms with van der Waals surface area (Å²) in [6.45, 7) is 4.56. The molecule has 146 valence electrons. The Morgan fingerprint density at radius 2 is 1.78 bits per heavy atom. The molecule has 7 heteroatoms. The maximum Gasteiger partial charge on any atom is 0.282 e. The van der Waals surface area contributed by atoms with Crippen LogP contribution in [-0.4, -0.2) is 33.2 Å². The summed E-state index contributed by atoms with van der Waals surface area (Å²) in [6.07, 6.45) is 0. The zero-order valence-electron chi connectivity index (χ0n) is 16.2. The third kappa shape index (κ3) is 5.28. The Labute approximate surface area is 170 Å². The maximum atomic E-state index is 12.6. The predicted molar refractivity (Wildman–Crippen MR) is 109 cm³/mol. The van der Waals surface area contributed by atoms with Crippen molar-refractivity contribution in [3.8, 4) is 11.5 Å². The number of quaternary nitrogens is 1. The molecule has 2 N–H and O–H groups in total. The van der Waals surface area contributed by atoms with Crippen molar-refractivity contribution in [1.82, 2.24) is 0 Å². The number of nitrogens with one attached hydrogen (secondary N) is 2. The molecule has 2 aromatic carbocycles. The number of hydrogen-bond acceptors (Lipinski definition) is 3. The molecule has 0 spiro atoms. The highest BCUT2D eigenvalue weighted by Crippen LogP contribution is 2.30. The fourth-order valence-corrected chi connectivity index (χ4v) is 3.18. The molecule has 0 saturated heterocycles. The standard InChI is InChI=1S/C20H24Cl2N2O3/c1-12-8-18(26-4)19(27-5)9-14(12)11-24(3)13(2)20(25)23-17-7-6-15(21)10-16(17)22/h6-10,13H,11H2,1-5H3,(H,23,25)/p+1/t13-/m1/s1. The average molecular weight is 412 g/mol. The molecule has 5 nitrogen and oxygen atoms in total. The Kier molecular flexibility index (Phi) is 7.36. The van der Waals surface area contributed by atoms with E-state index in [4.69, 9.17) is 32.7 Å². The summed E-state index contributed by atoms with van der Waals surface area (Å²) in [5, 5.41) is 3.80. The Balaban J connectivity index is 2.10. The minimum Gasteiger partial charge on any atom is -0.493 e. The molecule has 1 amide bonds. The van der Waals surface area contributed by atoms with Gasteiger partial charge in [0.2, 0.25) is 0 Å². The van der Waals surface area contributed by atoms with Crippen molar-refractivity contribution >= 4 is 34.8 Å². The first kappa shape index (κ1) is 21.4. The van der Waals surface area contributed by atoms with Gasteiger partial charge in [-0.1, -0.05) is 23.2 Å². The second-order valence-electron chi connectivity index (χ2n) is 6.49. The molecule has 0 fully saturated rings. The topological polar surface area (TPSA) is 52.0 Å². The van der Waals surface area contributed by atoms with Crippen LogP contribution in [0.15, 0.2) is 30.3 Å². The van der Waals surface area contributed by atoms with Crippen LogP contribution in [0.5, 0.6) is 11.5 Å². The summed E-state index contributed by atoms with van der Waals surface area (Å²) in [7, 11) is 5.20. The molecule has 0 radical (unpaired) electrons. The van der Waals surface area contributed by atoms with Crippen LogP contribution in [0, 0.1) is 6.92 Å². The highest BCUT2D eigenvalue weighted by atomic mass is 35.5. The highest BCUT2D eigenvalue weighted by Gasteiger charge is 2.24. The van der Waals surface area contributed by atoms with Crippen LogP contribution in [0.3, 0.4) is 0 Å². The molecule has 2 aromatic rings. The van der Waals surface area contributed by atoms with Gasteiger partial charge in [0, 0.05) is 10.6 Å². The minimum atomic E-state index is -0.288. The van der Waals surface area contributed by atoms with Gasteiger partial charge in [0.25, 0.3) is 5.91 Å². The summed E-state index contributed by atoms with van der Waals surface area (Å²) in [4.78, 5) is 13.7. The van der Waals surface area contributed by atoms with Crippen molar-refractivity contribution in [3.05, 3.63) is 51.5 Å². The molecule has 2 atom stereocenters. The van der Waals surface area contributed by atoms with Gasteiger partial charge in [-0.25, -0.2) is 0 Å². The van der Waals surface area contributed by atoms with E-state index in [1.807, 2.05) is 33.0 Å². The first-order valence-corrected chi connectivity index (χ1v) is 9.32. The van der Waals surface area contributed by atoms with Gasteiger partial charge in [-0.15, -0.1) is 0 Å². The van der Waals surface area contributed by atoms with Crippen LogP contribution in [0.2, 0.25) is 10.0 Å². The molecule has 1 unspecified atom stereocenters. The van der Waals surface area contributed by atoms with E-state index in [0.717, 1.165) is 16.0 Å². The van der Waals surface area contributed by atoms with Crippen LogP contribution < -0.4 is 19.7 Å². The summed E-state index contributed by atoms with van der Waals surface area (Å²) < 4.78 is 10.7. The van der Waals surface area contributed by atoms with Crippen LogP contribution in [-0.2, 0) is 11.3 Å². The third-order valence-electron chi connectivity index (χ3n) is 4.63. The number of ether oxygens (including phenoxy) is 2. The molecule has 0 aliphatic rings. The van der Waals surface area contributed by atoms with Gasteiger partial charge in [-0.05, 0) is 49.7 Å². The van der Waals surface area contributed by atoms with E-state index in [2.05, 4.69) is 5.32 Å². The fourth-order valence-electron chi connectivity index (χ4n) is 2.72. The molecule has 0 aliphatic carbocycles. The number of halogens is 2. The predicted octanol–water partition coefficient (Wildman–Crippen LogP) is 3.36. The first-order valence-electron chi connectivity index (χ1n) is 8.56. The third-order valence-corrected chi connectivity index (χ3v) is 5.18. The van der Waals surface area contributed by atoms with E-state index in [9.17, 15) is 4.79 Å². The summed E-state index contributed by atoms with van der Waals surface area (Å²) in [5.41, 5.74) is 2.72. The number of methoxy groups -OCH3 is 2. The summed E-state index contributed by atoms with van der Waals surface area (Å²) >= 11 is 12.0. The SMILES string of the molecule is COc1cc(C)c(C[NH+](C)[C@H](C)C(=O)Nc2ccc(Cl)cc2Cl)cc1OC. The van der Waals surface area contributed by atoms with Gasteiger partial charge in [-0.3, -0.25) is 4.79 Å². The zero-order valence-corrected chi connectivity index (χ0v) is 17.7. The second-order valence-corrected chi connectivity index (χ2v) is 7.34. The number of rotatable bonds is 7. The zero-order chi connectivity index (χ0) is 20.1. The number of carbonyl (C=O) groups is 1. The van der Waals surface area contributed by atoms with Gasteiger partial charge >= 0.3 is 0 Å². The number of amides is 1. The first-order chi connectivity index (χ1) is 12.8. The Hall–Kier alpha value is -1.95. The Morgan fingerprint density at radius 3 is 2.37 bits per heavy atom. The van der Waals surface area contributed by atoms with Gasteiger partial charge in [-0.2, -0.15) is 0 Å². The molecule has 0 saturated carbocycles. The lowest BCUT2D eigenvalue weighted by Gasteiger charge is -2.23. The van der Waals surface area contributed by atoms with Crippen molar-refractivity contribution in [2.45, 2.75) is 26.4 Å². The van der Waals surface area contributed by atoms with Crippen LogP contribution >= 0.6 is 23.2 Å². The number of benzene rings is 2. The van der Waals surface area contributed by atoms with E-state index in [0.29, 0.717) is 33.8 Å². The Morgan fingerprint density at radius 1 is 1.15 bits per heavy atom. The van der Waals surface area contributed by atoms with E-state index in [1.54, 1.807) is 32.4 Å². The fraction of sp³-hybridized carbons (Fsp3) is 0.350. The minimum absolute atomic E-state index is 0.116. The van der Waals surface area contributed by atoms with E-state index < -0.39 is 0 Å². The van der Waals surface area contributed by atoms with Crippen molar-refractivity contribution in [3.63, 3.8) is 0 Å². The van der Waals surface area contributed by atoms with Crippen molar-refractivity contribution in [1.29, 1.82) is 0 Å². The van der Waals surface area contributed by atoms with E-state index >= 15 is 0 Å². The summed E-state index contributed by atoms with van der Waals surface area (Å²) in [6, 6.07) is 8.61. The molecular weight excluding hydrogens is 387 g/mol. The van der Waals surface area contributed by atoms with Crippen molar-refractivity contribution in [2.75, 3.05) is 26.6 Å². The van der Waals surface area contributed by atoms with Gasteiger partial charge in [0.1, 0.15) is 6.54 Å². The number of hydrogen-bond donors (Lipinski definition) is 2. The van der Waals surface area contributed by atoms with Crippen LogP contribution in [0.25, 0.3) is 0 Å². The number of carbonyl (C=O) groups excluding carboxylic acids is 1. The van der Waals surface area contributed by atoms with Gasteiger partial charge in [0.15, 0.2) is 17.5 Å². The monoisotopic (exact) mass is 411 g/mol. The van der Waals surface area contributed by atoms with E-state index in [1.165, 1.54) is 0 Å². The number of aryl methyl sites for hydroxylation is 1.